The second-order valence-corrected chi connectivity index (χ2v) is 4.70. The van der Waals surface area contributed by atoms with Crippen LogP contribution in [0.4, 0.5) is 0 Å². The van der Waals surface area contributed by atoms with Gasteiger partial charge in [0.25, 0.3) is 0 Å². The molecule has 0 saturated carbocycles. The molecule has 5 heteroatoms. The van der Waals surface area contributed by atoms with Crippen molar-refractivity contribution < 1.29 is 4.74 Å². The summed E-state index contributed by atoms with van der Waals surface area (Å²) in [6, 6.07) is 3.85. The van der Waals surface area contributed by atoms with Gasteiger partial charge in [-0.25, -0.2) is 4.98 Å². The zero-order chi connectivity index (χ0) is 14.8. The molecule has 2 N–H and O–H groups in total. The SMILES string of the molecule is CCC(CC)CNC(=NC)NCc1ccc(OC)nc1. The van der Waals surface area contributed by atoms with Crippen molar-refractivity contribution in [2.24, 2.45) is 10.9 Å². The topological polar surface area (TPSA) is 58.5 Å². The maximum absolute atomic E-state index is 5.04. The molecule has 0 amide bonds. The van der Waals surface area contributed by atoms with Crippen LogP contribution in [0, 0.1) is 5.92 Å². The third-order valence-corrected chi connectivity index (χ3v) is 3.40. The molecule has 112 valence electrons. The van der Waals surface area contributed by atoms with E-state index in [1.165, 1.54) is 12.8 Å². The number of aromatic nitrogens is 1. The first-order valence-corrected chi connectivity index (χ1v) is 7.16. The number of nitrogens with one attached hydrogen (secondary N) is 2. The van der Waals surface area contributed by atoms with Gasteiger partial charge < -0.3 is 15.4 Å². The van der Waals surface area contributed by atoms with Crippen LogP contribution in [0.25, 0.3) is 0 Å². The molecule has 1 heterocycles. The molecule has 0 aliphatic carbocycles. The molecule has 1 rings (SSSR count). The van der Waals surface area contributed by atoms with Gasteiger partial charge in [-0.3, -0.25) is 4.99 Å². The van der Waals surface area contributed by atoms with Gasteiger partial charge in [0.05, 0.1) is 7.11 Å². The van der Waals surface area contributed by atoms with Crippen molar-refractivity contribution in [2.45, 2.75) is 33.2 Å². The van der Waals surface area contributed by atoms with Crippen LogP contribution in [0.2, 0.25) is 0 Å². The lowest BCUT2D eigenvalue weighted by atomic mass is 10.0. The van der Waals surface area contributed by atoms with Crippen molar-refractivity contribution in [3.8, 4) is 5.88 Å². The van der Waals surface area contributed by atoms with Gasteiger partial charge in [-0.05, 0) is 11.5 Å². The maximum atomic E-state index is 5.04. The lowest BCUT2D eigenvalue weighted by Crippen LogP contribution is -2.39. The lowest BCUT2D eigenvalue weighted by molar-refractivity contribution is 0.397. The van der Waals surface area contributed by atoms with E-state index in [9.17, 15) is 0 Å². The number of hydrogen-bond donors (Lipinski definition) is 2. The average molecular weight is 278 g/mol. The van der Waals surface area contributed by atoms with E-state index in [4.69, 9.17) is 4.74 Å². The minimum absolute atomic E-state index is 0.630. The van der Waals surface area contributed by atoms with Gasteiger partial charge in [0.1, 0.15) is 0 Å². The highest BCUT2D eigenvalue weighted by Gasteiger charge is 2.05. The fraction of sp³-hybridized carbons (Fsp3) is 0.600. The Morgan fingerprint density at radius 1 is 1.30 bits per heavy atom. The fourth-order valence-electron chi connectivity index (χ4n) is 1.86. The number of pyridine rings is 1. The fourth-order valence-corrected chi connectivity index (χ4v) is 1.86. The minimum atomic E-state index is 0.630. The predicted molar refractivity (Wildman–Crippen MR) is 83.1 cm³/mol. The summed E-state index contributed by atoms with van der Waals surface area (Å²) in [5.41, 5.74) is 1.09. The second kappa shape index (κ2) is 9.18. The Labute approximate surface area is 121 Å². The maximum Gasteiger partial charge on any atom is 0.212 e. The van der Waals surface area contributed by atoms with Crippen LogP contribution in [0.3, 0.4) is 0 Å². The summed E-state index contributed by atoms with van der Waals surface area (Å²) in [7, 11) is 3.40. The van der Waals surface area contributed by atoms with Crippen molar-refractivity contribution >= 4 is 5.96 Å². The molecular weight excluding hydrogens is 252 g/mol. The van der Waals surface area contributed by atoms with Gasteiger partial charge in [-0.2, -0.15) is 0 Å². The molecule has 1 aromatic heterocycles. The van der Waals surface area contributed by atoms with Gasteiger partial charge in [0.2, 0.25) is 5.88 Å². The molecule has 1 aromatic rings. The second-order valence-electron chi connectivity index (χ2n) is 4.70. The molecular formula is C15H26N4O. The largest absolute Gasteiger partial charge is 0.481 e. The first-order valence-electron chi connectivity index (χ1n) is 7.16. The summed E-state index contributed by atoms with van der Waals surface area (Å²) in [4.78, 5) is 8.41. The zero-order valence-corrected chi connectivity index (χ0v) is 12.9. The number of aliphatic imine (C=N–C) groups is 1. The van der Waals surface area contributed by atoms with Gasteiger partial charge >= 0.3 is 0 Å². The van der Waals surface area contributed by atoms with Crippen molar-refractivity contribution in [2.75, 3.05) is 20.7 Å². The third-order valence-electron chi connectivity index (χ3n) is 3.40. The highest BCUT2D eigenvalue weighted by molar-refractivity contribution is 5.79. The number of rotatable bonds is 7. The third kappa shape index (κ3) is 5.47. The van der Waals surface area contributed by atoms with Crippen LogP contribution in [-0.4, -0.2) is 31.6 Å². The van der Waals surface area contributed by atoms with E-state index < -0.39 is 0 Å². The molecule has 0 spiro atoms. The summed E-state index contributed by atoms with van der Waals surface area (Å²) in [5, 5.41) is 6.64. The Balaban J connectivity index is 2.40. The Kier molecular flexibility index (Phi) is 7.47. The highest BCUT2D eigenvalue weighted by atomic mass is 16.5. The highest BCUT2D eigenvalue weighted by Crippen LogP contribution is 2.06. The molecule has 0 unspecified atom stereocenters. The first-order chi connectivity index (χ1) is 9.73. The van der Waals surface area contributed by atoms with Crippen LogP contribution in [0.15, 0.2) is 23.3 Å². The van der Waals surface area contributed by atoms with E-state index >= 15 is 0 Å². The Morgan fingerprint density at radius 3 is 2.55 bits per heavy atom. The molecule has 0 aliphatic rings. The van der Waals surface area contributed by atoms with Gasteiger partial charge in [0, 0.05) is 32.4 Å². The molecule has 0 fully saturated rings. The minimum Gasteiger partial charge on any atom is -0.481 e. The molecule has 0 saturated heterocycles. The van der Waals surface area contributed by atoms with E-state index in [1.807, 2.05) is 12.1 Å². The van der Waals surface area contributed by atoms with E-state index in [0.29, 0.717) is 18.3 Å². The van der Waals surface area contributed by atoms with Gasteiger partial charge in [-0.15, -0.1) is 0 Å². The number of methoxy groups -OCH3 is 1. The number of guanidine groups is 1. The summed E-state index contributed by atoms with van der Waals surface area (Å²) in [6.07, 6.45) is 4.17. The van der Waals surface area contributed by atoms with Crippen molar-refractivity contribution in [3.05, 3.63) is 23.9 Å². The Morgan fingerprint density at radius 2 is 2.05 bits per heavy atom. The molecule has 0 atom stereocenters. The molecule has 0 aliphatic heterocycles. The monoisotopic (exact) mass is 278 g/mol. The van der Waals surface area contributed by atoms with Gasteiger partial charge in [-0.1, -0.05) is 32.8 Å². The van der Waals surface area contributed by atoms with E-state index in [0.717, 1.165) is 18.1 Å². The van der Waals surface area contributed by atoms with Crippen LogP contribution in [0.5, 0.6) is 5.88 Å². The summed E-state index contributed by atoms with van der Waals surface area (Å²) >= 11 is 0. The van der Waals surface area contributed by atoms with E-state index in [1.54, 1.807) is 20.4 Å². The van der Waals surface area contributed by atoms with Crippen molar-refractivity contribution in [3.63, 3.8) is 0 Å². The molecule has 0 radical (unpaired) electrons. The van der Waals surface area contributed by atoms with E-state index in [2.05, 4.69) is 34.5 Å². The zero-order valence-electron chi connectivity index (χ0n) is 12.9. The summed E-state index contributed by atoms with van der Waals surface area (Å²) in [6.45, 7) is 6.08. The smallest absolute Gasteiger partial charge is 0.212 e. The normalized spacial score (nSPS) is 11.6. The van der Waals surface area contributed by atoms with Gasteiger partial charge in [0.15, 0.2) is 5.96 Å². The standard InChI is InChI=1S/C15H26N4O/c1-5-12(6-2)9-18-15(16-3)19-11-13-7-8-14(20-4)17-10-13/h7-8,10,12H,5-6,9,11H2,1-4H3,(H2,16,18,19). The molecule has 0 aromatic carbocycles. The van der Waals surface area contributed by atoms with Crippen molar-refractivity contribution in [1.29, 1.82) is 0 Å². The Hall–Kier alpha value is -1.78. The lowest BCUT2D eigenvalue weighted by Gasteiger charge is -2.16. The quantitative estimate of drug-likeness (QED) is 0.593. The van der Waals surface area contributed by atoms with Crippen molar-refractivity contribution in [1.82, 2.24) is 15.6 Å². The average Bonchev–Trinajstić information content (AvgIpc) is 2.51. The first kappa shape index (κ1) is 16.3. The van der Waals surface area contributed by atoms with Crippen LogP contribution in [0.1, 0.15) is 32.3 Å². The van der Waals surface area contributed by atoms with Crippen LogP contribution in [-0.2, 0) is 6.54 Å². The molecule has 5 nitrogen and oxygen atoms in total. The predicted octanol–water partition coefficient (Wildman–Crippen LogP) is 2.19. The summed E-state index contributed by atoms with van der Waals surface area (Å²) < 4.78 is 5.04. The molecule has 0 bridgehead atoms. The van der Waals surface area contributed by atoms with E-state index in [-0.39, 0.29) is 0 Å². The Bertz CT molecular complexity index is 399. The molecule has 20 heavy (non-hydrogen) atoms. The number of nitrogens with zero attached hydrogens (tertiary/aromatic N) is 2. The van der Waals surface area contributed by atoms with Crippen LogP contribution < -0.4 is 15.4 Å². The summed E-state index contributed by atoms with van der Waals surface area (Å²) in [5.74, 6) is 2.15. The van der Waals surface area contributed by atoms with Crippen LogP contribution >= 0.6 is 0 Å². The number of hydrogen-bond acceptors (Lipinski definition) is 3. The number of ether oxygens (including phenoxy) is 1.